The lowest BCUT2D eigenvalue weighted by Crippen LogP contribution is -2.48. The largest absolute Gasteiger partial charge is 0.368 e. The van der Waals surface area contributed by atoms with Crippen molar-refractivity contribution in [2.75, 3.05) is 42.5 Å². The van der Waals surface area contributed by atoms with Crippen LogP contribution >= 0.6 is 0 Å². The molecule has 2 amide bonds. The van der Waals surface area contributed by atoms with Crippen molar-refractivity contribution in [3.63, 3.8) is 0 Å². The number of carbonyl (C=O) groups is 2. The van der Waals surface area contributed by atoms with Gasteiger partial charge in [0.15, 0.2) is 0 Å². The second-order valence-corrected chi connectivity index (χ2v) is 7.55. The van der Waals surface area contributed by atoms with Gasteiger partial charge < -0.3 is 14.7 Å². The summed E-state index contributed by atoms with van der Waals surface area (Å²) in [6.07, 6.45) is 1.25. The van der Waals surface area contributed by atoms with Crippen molar-refractivity contribution in [3.05, 3.63) is 63.7 Å². The predicted octanol–water partition coefficient (Wildman–Crippen LogP) is 2.86. The van der Waals surface area contributed by atoms with E-state index in [-0.39, 0.29) is 17.5 Å². The molecule has 2 heterocycles. The van der Waals surface area contributed by atoms with E-state index in [0.29, 0.717) is 44.7 Å². The van der Waals surface area contributed by atoms with E-state index < -0.39 is 4.92 Å². The van der Waals surface area contributed by atoms with Crippen LogP contribution in [0.4, 0.5) is 17.1 Å². The summed E-state index contributed by atoms with van der Waals surface area (Å²) in [6, 6.07) is 12.1. The number of nitro benzene ring substituents is 1. The summed E-state index contributed by atoms with van der Waals surface area (Å²) in [5, 5.41) is 10.8. The normalized spacial score (nSPS) is 15.8. The molecule has 156 valence electrons. The number of benzene rings is 2. The number of carbonyl (C=O) groups excluding carboxylic acids is 2. The minimum atomic E-state index is -0.408. The lowest BCUT2D eigenvalue weighted by molar-refractivity contribution is -0.384. The zero-order valence-corrected chi connectivity index (χ0v) is 16.9. The Bertz CT molecular complexity index is 981. The monoisotopic (exact) mass is 408 g/mol. The van der Waals surface area contributed by atoms with Gasteiger partial charge in [-0.1, -0.05) is 6.92 Å². The van der Waals surface area contributed by atoms with Gasteiger partial charge in [-0.2, -0.15) is 0 Å². The third-order valence-electron chi connectivity index (χ3n) is 5.82. The van der Waals surface area contributed by atoms with Gasteiger partial charge >= 0.3 is 0 Å². The Kier molecular flexibility index (Phi) is 5.39. The van der Waals surface area contributed by atoms with Crippen LogP contribution < -0.4 is 9.80 Å². The number of fused-ring (bicyclic) bond motifs is 1. The van der Waals surface area contributed by atoms with Gasteiger partial charge in [0.05, 0.1) is 4.92 Å². The molecule has 0 saturated carbocycles. The Labute approximate surface area is 174 Å². The maximum Gasteiger partial charge on any atom is 0.269 e. The molecule has 2 aromatic carbocycles. The molecular weight excluding hydrogens is 384 g/mol. The van der Waals surface area contributed by atoms with Gasteiger partial charge in [0, 0.05) is 68.2 Å². The molecule has 0 spiro atoms. The Morgan fingerprint density at radius 1 is 1.00 bits per heavy atom. The number of rotatable bonds is 4. The standard InChI is InChI=1S/C22H24N4O4/c1-2-21(27)25-10-9-16-15-17(3-8-20(16)25)22(28)24-13-11-23(12-14-24)18-4-6-19(7-5-18)26(29)30/h3-8,15H,2,9-14H2,1H3. The molecule has 0 atom stereocenters. The van der Waals surface area contributed by atoms with Crippen molar-refractivity contribution in [2.45, 2.75) is 19.8 Å². The van der Waals surface area contributed by atoms with E-state index in [0.717, 1.165) is 23.4 Å². The highest BCUT2D eigenvalue weighted by atomic mass is 16.6. The second-order valence-electron chi connectivity index (χ2n) is 7.55. The fourth-order valence-electron chi connectivity index (χ4n) is 4.12. The first-order chi connectivity index (χ1) is 14.5. The van der Waals surface area contributed by atoms with Crippen LogP contribution in [0, 0.1) is 10.1 Å². The van der Waals surface area contributed by atoms with Gasteiger partial charge in [-0.05, 0) is 42.3 Å². The first-order valence-corrected chi connectivity index (χ1v) is 10.2. The molecule has 0 bridgehead atoms. The maximum absolute atomic E-state index is 13.0. The Morgan fingerprint density at radius 2 is 1.70 bits per heavy atom. The van der Waals surface area contributed by atoms with Crippen LogP contribution in [0.5, 0.6) is 0 Å². The number of hydrogen-bond acceptors (Lipinski definition) is 5. The van der Waals surface area contributed by atoms with Crippen LogP contribution in [-0.4, -0.2) is 54.4 Å². The predicted molar refractivity (Wildman–Crippen MR) is 114 cm³/mol. The molecule has 2 aliphatic heterocycles. The van der Waals surface area contributed by atoms with Crippen molar-refractivity contribution in [1.82, 2.24) is 4.90 Å². The van der Waals surface area contributed by atoms with Gasteiger partial charge in [0.25, 0.3) is 11.6 Å². The van der Waals surface area contributed by atoms with Crippen LogP contribution in [0.1, 0.15) is 29.3 Å². The minimum Gasteiger partial charge on any atom is -0.368 e. The van der Waals surface area contributed by atoms with Gasteiger partial charge in [-0.15, -0.1) is 0 Å². The molecule has 0 aliphatic carbocycles. The highest BCUT2D eigenvalue weighted by molar-refractivity contribution is 5.98. The lowest BCUT2D eigenvalue weighted by atomic mass is 10.1. The number of hydrogen-bond donors (Lipinski definition) is 0. The number of nitro groups is 1. The summed E-state index contributed by atoms with van der Waals surface area (Å²) in [5.41, 5.74) is 3.62. The van der Waals surface area contributed by atoms with Crippen molar-refractivity contribution in [3.8, 4) is 0 Å². The Hall–Kier alpha value is -3.42. The maximum atomic E-state index is 13.0. The quantitative estimate of drug-likeness (QED) is 0.574. The summed E-state index contributed by atoms with van der Waals surface area (Å²) in [5.74, 6) is 0.108. The summed E-state index contributed by atoms with van der Waals surface area (Å²) in [6.45, 7) is 5.06. The third kappa shape index (κ3) is 3.72. The number of non-ortho nitro benzene ring substituents is 1. The summed E-state index contributed by atoms with van der Waals surface area (Å²) in [4.78, 5) is 41.2. The van der Waals surface area contributed by atoms with Crippen LogP contribution in [0.25, 0.3) is 0 Å². The van der Waals surface area contributed by atoms with Gasteiger partial charge in [0.2, 0.25) is 5.91 Å². The van der Waals surface area contributed by atoms with Crippen LogP contribution in [0.2, 0.25) is 0 Å². The zero-order valence-electron chi connectivity index (χ0n) is 16.9. The Balaban J connectivity index is 1.40. The molecule has 0 aromatic heterocycles. The van der Waals surface area contributed by atoms with E-state index in [1.165, 1.54) is 12.1 Å². The molecule has 2 aromatic rings. The molecule has 0 radical (unpaired) electrons. The molecular formula is C22H24N4O4. The number of piperazine rings is 1. The van der Waals surface area contributed by atoms with Crippen molar-refractivity contribution < 1.29 is 14.5 Å². The van der Waals surface area contributed by atoms with Crippen LogP contribution in [0.15, 0.2) is 42.5 Å². The van der Waals surface area contributed by atoms with E-state index in [1.54, 1.807) is 17.0 Å². The molecule has 0 unspecified atom stereocenters. The molecule has 8 nitrogen and oxygen atoms in total. The molecule has 4 rings (SSSR count). The second kappa shape index (κ2) is 8.14. The highest BCUT2D eigenvalue weighted by Gasteiger charge is 2.27. The average Bonchev–Trinajstić information content (AvgIpc) is 3.21. The van der Waals surface area contributed by atoms with E-state index >= 15 is 0 Å². The fraction of sp³-hybridized carbons (Fsp3) is 0.364. The van der Waals surface area contributed by atoms with E-state index in [4.69, 9.17) is 0 Å². The SMILES string of the molecule is CCC(=O)N1CCc2cc(C(=O)N3CCN(c4ccc([N+](=O)[O-])cc4)CC3)ccc21. The van der Waals surface area contributed by atoms with E-state index in [9.17, 15) is 19.7 Å². The Morgan fingerprint density at radius 3 is 2.33 bits per heavy atom. The first kappa shape index (κ1) is 19.9. The van der Waals surface area contributed by atoms with E-state index in [2.05, 4.69) is 4.90 Å². The molecule has 0 N–H and O–H groups in total. The van der Waals surface area contributed by atoms with Gasteiger partial charge in [-0.3, -0.25) is 19.7 Å². The summed E-state index contributed by atoms with van der Waals surface area (Å²) >= 11 is 0. The summed E-state index contributed by atoms with van der Waals surface area (Å²) < 4.78 is 0. The smallest absolute Gasteiger partial charge is 0.269 e. The van der Waals surface area contributed by atoms with Gasteiger partial charge in [0.1, 0.15) is 0 Å². The summed E-state index contributed by atoms with van der Waals surface area (Å²) in [7, 11) is 0. The highest BCUT2D eigenvalue weighted by Crippen LogP contribution is 2.30. The van der Waals surface area contributed by atoms with Crippen molar-refractivity contribution in [2.24, 2.45) is 0 Å². The number of nitrogens with zero attached hydrogens (tertiary/aromatic N) is 4. The first-order valence-electron chi connectivity index (χ1n) is 10.2. The topological polar surface area (TPSA) is 87.0 Å². The number of anilines is 2. The molecule has 30 heavy (non-hydrogen) atoms. The van der Waals surface area contributed by atoms with Crippen LogP contribution in [-0.2, 0) is 11.2 Å². The fourth-order valence-corrected chi connectivity index (χ4v) is 4.12. The van der Waals surface area contributed by atoms with E-state index in [1.807, 2.05) is 30.0 Å². The number of amides is 2. The molecule has 1 saturated heterocycles. The average molecular weight is 408 g/mol. The molecule has 1 fully saturated rings. The van der Waals surface area contributed by atoms with Crippen molar-refractivity contribution >= 4 is 28.9 Å². The lowest BCUT2D eigenvalue weighted by Gasteiger charge is -2.36. The molecule has 2 aliphatic rings. The molecule has 8 heteroatoms. The van der Waals surface area contributed by atoms with Gasteiger partial charge in [-0.25, -0.2) is 0 Å². The van der Waals surface area contributed by atoms with Crippen molar-refractivity contribution in [1.29, 1.82) is 0 Å². The minimum absolute atomic E-state index is 0.00131. The zero-order chi connectivity index (χ0) is 21.3. The van der Waals surface area contributed by atoms with Crippen LogP contribution in [0.3, 0.4) is 0 Å². The third-order valence-corrected chi connectivity index (χ3v) is 5.82.